The standard InChI is InChI=1S/C13H24F2/c1-11(2,3)9-7-8-13(14,15)10(9)12(4,5)6/h9-10H,7-8H2,1-6H3. The van der Waals surface area contributed by atoms with Gasteiger partial charge in [-0.25, -0.2) is 8.78 Å². The predicted molar refractivity (Wildman–Crippen MR) is 60.1 cm³/mol. The van der Waals surface area contributed by atoms with Crippen LogP contribution in [-0.2, 0) is 0 Å². The second-order valence-corrected chi connectivity index (χ2v) is 7.12. The summed E-state index contributed by atoms with van der Waals surface area (Å²) in [5, 5.41) is 0. The van der Waals surface area contributed by atoms with Gasteiger partial charge in [0, 0.05) is 12.3 Å². The van der Waals surface area contributed by atoms with Gasteiger partial charge in [-0.05, 0) is 23.2 Å². The van der Waals surface area contributed by atoms with Crippen LogP contribution in [0.25, 0.3) is 0 Å². The van der Waals surface area contributed by atoms with Crippen molar-refractivity contribution in [1.82, 2.24) is 0 Å². The minimum absolute atomic E-state index is 0.0160. The molecule has 0 radical (unpaired) electrons. The van der Waals surface area contributed by atoms with Crippen molar-refractivity contribution >= 4 is 0 Å². The van der Waals surface area contributed by atoms with Crippen LogP contribution in [0, 0.1) is 22.7 Å². The summed E-state index contributed by atoms with van der Waals surface area (Å²) >= 11 is 0. The summed E-state index contributed by atoms with van der Waals surface area (Å²) in [6.07, 6.45) is 0.731. The average molecular weight is 218 g/mol. The lowest BCUT2D eigenvalue weighted by Gasteiger charge is -2.41. The van der Waals surface area contributed by atoms with Crippen LogP contribution in [-0.4, -0.2) is 5.92 Å². The highest BCUT2D eigenvalue weighted by Gasteiger charge is 2.57. The average Bonchev–Trinajstić information content (AvgIpc) is 2.21. The van der Waals surface area contributed by atoms with E-state index in [1.165, 1.54) is 0 Å². The van der Waals surface area contributed by atoms with Crippen LogP contribution in [0.1, 0.15) is 54.4 Å². The van der Waals surface area contributed by atoms with Gasteiger partial charge in [0.25, 0.3) is 5.92 Å². The van der Waals surface area contributed by atoms with Crippen molar-refractivity contribution in [2.45, 2.75) is 60.3 Å². The van der Waals surface area contributed by atoms with E-state index in [1.54, 1.807) is 0 Å². The lowest BCUT2D eigenvalue weighted by atomic mass is 9.65. The molecule has 2 unspecified atom stereocenters. The van der Waals surface area contributed by atoms with Crippen LogP contribution in [0.2, 0.25) is 0 Å². The number of hydrogen-bond acceptors (Lipinski definition) is 0. The Hall–Kier alpha value is -0.140. The van der Waals surface area contributed by atoms with E-state index < -0.39 is 11.8 Å². The van der Waals surface area contributed by atoms with Gasteiger partial charge in [-0.1, -0.05) is 41.5 Å². The van der Waals surface area contributed by atoms with Crippen molar-refractivity contribution in [2.24, 2.45) is 22.7 Å². The molecule has 0 aromatic rings. The largest absolute Gasteiger partial charge is 0.251 e. The Bertz CT molecular complexity index is 230. The third kappa shape index (κ3) is 2.51. The van der Waals surface area contributed by atoms with Crippen LogP contribution in [0.5, 0.6) is 0 Å². The summed E-state index contributed by atoms with van der Waals surface area (Å²) in [6.45, 7) is 12.1. The van der Waals surface area contributed by atoms with E-state index in [0.29, 0.717) is 6.42 Å². The zero-order valence-electron chi connectivity index (χ0n) is 10.8. The SMILES string of the molecule is CC(C)(C)C1CCC(F)(F)C1C(C)(C)C. The van der Waals surface area contributed by atoms with Gasteiger partial charge in [-0.3, -0.25) is 0 Å². The first-order valence-electron chi connectivity index (χ1n) is 5.84. The molecule has 0 aromatic carbocycles. The van der Waals surface area contributed by atoms with Crippen molar-refractivity contribution in [3.8, 4) is 0 Å². The molecule has 0 heterocycles. The van der Waals surface area contributed by atoms with Crippen molar-refractivity contribution < 1.29 is 8.78 Å². The van der Waals surface area contributed by atoms with E-state index in [4.69, 9.17) is 0 Å². The second kappa shape index (κ2) is 3.43. The van der Waals surface area contributed by atoms with Crippen LogP contribution >= 0.6 is 0 Å². The fraction of sp³-hybridized carbons (Fsp3) is 1.00. The Morgan fingerprint density at radius 2 is 1.40 bits per heavy atom. The lowest BCUT2D eigenvalue weighted by molar-refractivity contribution is -0.100. The van der Waals surface area contributed by atoms with E-state index in [0.717, 1.165) is 0 Å². The van der Waals surface area contributed by atoms with Gasteiger partial charge in [0.2, 0.25) is 0 Å². The molecular formula is C13H24F2. The van der Waals surface area contributed by atoms with Crippen molar-refractivity contribution in [3.63, 3.8) is 0 Å². The first kappa shape index (κ1) is 12.9. The zero-order chi connectivity index (χ0) is 12.1. The van der Waals surface area contributed by atoms with Gasteiger partial charge < -0.3 is 0 Å². The van der Waals surface area contributed by atoms with E-state index in [2.05, 4.69) is 20.8 Å². The van der Waals surface area contributed by atoms with Gasteiger partial charge in [-0.2, -0.15) is 0 Å². The summed E-state index contributed by atoms with van der Waals surface area (Å²) in [4.78, 5) is 0. The fourth-order valence-corrected chi connectivity index (χ4v) is 3.13. The lowest BCUT2D eigenvalue weighted by Crippen LogP contribution is -2.40. The fourth-order valence-electron chi connectivity index (χ4n) is 3.13. The van der Waals surface area contributed by atoms with Crippen molar-refractivity contribution in [3.05, 3.63) is 0 Å². The molecule has 2 heteroatoms. The molecule has 0 aromatic heterocycles. The normalized spacial score (nSPS) is 32.0. The van der Waals surface area contributed by atoms with E-state index in [-0.39, 0.29) is 23.2 Å². The van der Waals surface area contributed by atoms with Gasteiger partial charge in [0.1, 0.15) is 0 Å². The number of halogens is 2. The first-order chi connectivity index (χ1) is 6.46. The molecule has 1 fully saturated rings. The Balaban J connectivity index is 3.03. The topological polar surface area (TPSA) is 0 Å². The molecule has 0 aliphatic heterocycles. The van der Waals surface area contributed by atoms with Crippen LogP contribution < -0.4 is 0 Å². The van der Waals surface area contributed by atoms with Crippen LogP contribution in [0.15, 0.2) is 0 Å². The molecule has 1 saturated carbocycles. The Morgan fingerprint density at radius 3 is 1.67 bits per heavy atom. The summed E-state index contributed by atoms with van der Waals surface area (Å²) < 4.78 is 27.8. The highest BCUT2D eigenvalue weighted by Crippen LogP contribution is 2.57. The Kier molecular flexibility index (Phi) is 2.95. The van der Waals surface area contributed by atoms with Crippen molar-refractivity contribution in [1.29, 1.82) is 0 Å². The highest BCUT2D eigenvalue weighted by atomic mass is 19.3. The zero-order valence-corrected chi connectivity index (χ0v) is 10.8. The minimum atomic E-state index is -2.48. The molecule has 0 nitrogen and oxygen atoms in total. The van der Waals surface area contributed by atoms with E-state index >= 15 is 0 Å². The monoisotopic (exact) mass is 218 g/mol. The van der Waals surface area contributed by atoms with Gasteiger partial charge in [-0.15, -0.1) is 0 Å². The maximum absolute atomic E-state index is 13.9. The minimum Gasteiger partial charge on any atom is -0.207 e. The van der Waals surface area contributed by atoms with Gasteiger partial charge in [0.15, 0.2) is 0 Å². The molecule has 0 saturated heterocycles. The number of alkyl halides is 2. The molecule has 1 aliphatic carbocycles. The van der Waals surface area contributed by atoms with Crippen molar-refractivity contribution in [2.75, 3.05) is 0 Å². The highest BCUT2D eigenvalue weighted by molar-refractivity contribution is 5.00. The smallest absolute Gasteiger partial charge is 0.207 e. The summed E-state index contributed by atoms with van der Waals surface area (Å²) in [7, 11) is 0. The van der Waals surface area contributed by atoms with Gasteiger partial charge >= 0.3 is 0 Å². The Labute approximate surface area is 92.4 Å². The predicted octanol–water partition coefficient (Wildman–Crippen LogP) is 4.74. The first-order valence-corrected chi connectivity index (χ1v) is 5.84. The molecule has 0 N–H and O–H groups in total. The maximum atomic E-state index is 13.9. The molecule has 1 aliphatic rings. The maximum Gasteiger partial charge on any atom is 0.251 e. The molecule has 2 atom stereocenters. The molecule has 90 valence electrons. The molecule has 0 bridgehead atoms. The third-order valence-corrected chi connectivity index (χ3v) is 3.69. The van der Waals surface area contributed by atoms with Gasteiger partial charge in [0.05, 0.1) is 0 Å². The molecular weight excluding hydrogens is 194 g/mol. The second-order valence-electron chi connectivity index (χ2n) is 7.12. The number of rotatable bonds is 0. The third-order valence-electron chi connectivity index (χ3n) is 3.69. The summed E-state index contributed by atoms with van der Waals surface area (Å²) in [6, 6.07) is 0. The molecule has 0 spiro atoms. The number of hydrogen-bond donors (Lipinski definition) is 0. The summed E-state index contributed by atoms with van der Waals surface area (Å²) in [5.41, 5.74) is -0.324. The molecule has 15 heavy (non-hydrogen) atoms. The Morgan fingerprint density at radius 1 is 0.933 bits per heavy atom. The quantitative estimate of drug-likeness (QED) is 0.551. The molecule has 0 amide bonds. The van der Waals surface area contributed by atoms with E-state index in [1.807, 2.05) is 20.8 Å². The summed E-state index contributed by atoms with van der Waals surface area (Å²) in [5.74, 6) is -2.83. The van der Waals surface area contributed by atoms with Crippen LogP contribution in [0.4, 0.5) is 8.78 Å². The van der Waals surface area contributed by atoms with E-state index in [9.17, 15) is 8.78 Å². The molecule has 1 rings (SSSR count). The van der Waals surface area contributed by atoms with Crippen LogP contribution in [0.3, 0.4) is 0 Å².